The minimum Gasteiger partial charge on any atom is -0.481 e. The van der Waals surface area contributed by atoms with Crippen molar-refractivity contribution in [2.24, 2.45) is 5.41 Å². The fraction of sp³-hybridized carbons (Fsp3) is 0.900. The van der Waals surface area contributed by atoms with Gasteiger partial charge in [-0.2, -0.15) is 11.8 Å². The monoisotopic (exact) mass is 204 g/mol. The molecule has 0 heterocycles. The van der Waals surface area contributed by atoms with Gasteiger partial charge in [-0.15, -0.1) is 0 Å². The summed E-state index contributed by atoms with van der Waals surface area (Å²) in [5.41, 5.74) is -0.569. The van der Waals surface area contributed by atoms with Crippen LogP contribution in [0.4, 0.5) is 0 Å². The predicted octanol–water partition coefficient (Wildman–Crippen LogP) is 3.02. The molecule has 2 nitrogen and oxygen atoms in total. The summed E-state index contributed by atoms with van der Waals surface area (Å²) in [4.78, 5) is 10.8. The van der Waals surface area contributed by atoms with Gasteiger partial charge < -0.3 is 5.11 Å². The molecular formula is C10H20O2S. The molecule has 3 heteroatoms. The average Bonchev–Trinajstić information content (AvgIpc) is 2.03. The Morgan fingerprint density at radius 3 is 2.46 bits per heavy atom. The average molecular weight is 204 g/mol. The summed E-state index contributed by atoms with van der Waals surface area (Å²) in [6, 6.07) is 0. The molecule has 1 unspecified atom stereocenters. The van der Waals surface area contributed by atoms with Crippen LogP contribution < -0.4 is 0 Å². The molecule has 13 heavy (non-hydrogen) atoms. The first kappa shape index (κ1) is 12.8. The van der Waals surface area contributed by atoms with Crippen LogP contribution in [0.25, 0.3) is 0 Å². The second kappa shape index (κ2) is 5.53. The Balaban J connectivity index is 3.70. The van der Waals surface area contributed by atoms with Crippen LogP contribution in [0.5, 0.6) is 0 Å². The van der Waals surface area contributed by atoms with E-state index in [1.165, 1.54) is 0 Å². The molecule has 0 spiro atoms. The van der Waals surface area contributed by atoms with E-state index in [0.717, 1.165) is 18.6 Å². The molecule has 0 fully saturated rings. The number of thioether (sulfide) groups is 1. The first-order valence-corrected chi connectivity index (χ1v) is 5.80. The number of carboxylic acids is 1. The quantitative estimate of drug-likeness (QED) is 0.722. The van der Waals surface area contributed by atoms with Gasteiger partial charge in [0.1, 0.15) is 0 Å². The lowest BCUT2D eigenvalue weighted by Gasteiger charge is -2.19. The normalized spacial score (nSPS) is 14.2. The third-order valence-electron chi connectivity index (χ3n) is 2.28. The Hall–Kier alpha value is -0.180. The maximum atomic E-state index is 10.8. The molecule has 0 radical (unpaired) electrons. The summed E-state index contributed by atoms with van der Waals surface area (Å²) in [5.74, 6) is 0.242. The molecule has 78 valence electrons. The second-order valence-corrected chi connectivity index (χ2v) is 5.58. The summed E-state index contributed by atoms with van der Waals surface area (Å²) in [6.07, 6.45) is 1.90. The highest BCUT2D eigenvalue weighted by Crippen LogP contribution is 2.25. The number of hydrogen-bond acceptors (Lipinski definition) is 2. The van der Waals surface area contributed by atoms with Crippen LogP contribution in [0.3, 0.4) is 0 Å². The number of aliphatic carboxylic acids is 1. The highest BCUT2D eigenvalue weighted by Gasteiger charge is 2.26. The van der Waals surface area contributed by atoms with Crippen LogP contribution in [0, 0.1) is 5.41 Å². The zero-order valence-corrected chi connectivity index (χ0v) is 9.78. The van der Waals surface area contributed by atoms with Crippen molar-refractivity contribution in [1.82, 2.24) is 0 Å². The fourth-order valence-corrected chi connectivity index (χ4v) is 2.01. The molecular weight excluding hydrogens is 184 g/mol. The van der Waals surface area contributed by atoms with E-state index in [-0.39, 0.29) is 0 Å². The standard InChI is InChI=1S/C10H20O2S/c1-5-8(2)13-7-6-10(3,4)9(11)12/h8H,5-7H2,1-4H3,(H,11,12). The molecule has 0 aliphatic carbocycles. The molecule has 0 aromatic rings. The van der Waals surface area contributed by atoms with Crippen molar-refractivity contribution in [3.63, 3.8) is 0 Å². The van der Waals surface area contributed by atoms with Crippen molar-refractivity contribution in [2.75, 3.05) is 5.75 Å². The molecule has 0 aromatic carbocycles. The van der Waals surface area contributed by atoms with Crippen LogP contribution in [0.15, 0.2) is 0 Å². The predicted molar refractivity (Wildman–Crippen MR) is 58.2 cm³/mol. The maximum absolute atomic E-state index is 10.8. The lowest BCUT2D eigenvalue weighted by atomic mass is 9.91. The Morgan fingerprint density at radius 2 is 2.08 bits per heavy atom. The molecule has 0 aromatic heterocycles. The van der Waals surface area contributed by atoms with Crippen LogP contribution in [-0.2, 0) is 4.79 Å². The van der Waals surface area contributed by atoms with Crippen molar-refractivity contribution in [1.29, 1.82) is 0 Å². The number of carboxylic acid groups (broad SMARTS) is 1. The summed E-state index contributed by atoms with van der Waals surface area (Å²) < 4.78 is 0. The highest BCUT2D eigenvalue weighted by atomic mass is 32.2. The fourth-order valence-electron chi connectivity index (χ4n) is 0.740. The van der Waals surface area contributed by atoms with Gasteiger partial charge in [0.05, 0.1) is 5.41 Å². The van der Waals surface area contributed by atoms with Gasteiger partial charge in [0.15, 0.2) is 0 Å². The van der Waals surface area contributed by atoms with Gasteiger partial charge in [0, 0.05) is 5.25 Å². The SMILES string of the molecule is CCC(C)SCCC(C)(C)C(=O)O. The maximum Gasteiger partial charge on any atom is 0.309 e. The highest BCUT2D eigenvalue weighted by molar-refractivity contribution is 7.99. The topological polar surface area (TPSA) is 37.3 Å². The zero-order valence-electron chi connectivity index (χ0n) is 8.96. The molecule has 1 atom stereocenters. The van der Waals surface area contributed by atoms with Crippen molar-refractivity contribution < 1.29 is 9.90 Å². The van der Waals surface area contributed by atoms with Crippen LogP contribution in [0.1, 0.15) is 40.5 Å². The smallest absolute Gasteiger partial charge is 0.309 e. The molecule has 0 amide bonds. The van der Waals surface area contributed by atoms with Crippen molar-refractivity contribution in [3.05, 3.63) is 0 Å². The minimum atomic E-state index is -0.697. The first-order valence-electron chi connectivity index (χ1n) is 4.75. The summed E-state index contributed by atoms with van der Waals surface area (Å²) >= 11 is 1.86. The van der Waals surface area contributed by atoms with Gasteiger partial charge in [0.2, 0.25) is 0 Å². The van der Waals surface area contributed by atoms with Crippen LogP contribution in [0.2, 0.25) is 0 Å². The largest absolute Gasteiger partial charge is 0.481 e. The molecule has 0 aliphatic heterocycles. The van der Waals surface area contributed by atoms with E-state index in [1.54, 1.807) is 13.8 Å². The van der Waals surface area contributed by atoms with E-state index < -0.39 is 11.4 Å². The third kappa shape index (κ3) is 5.19. The molecule has 0 aliphatic rings. The second-order valence-electron chi connectivity index (χ2n) is 4.03. The van der Waals surface area contributed by atoms with Crippen molar-refractivity contribution in [2.45, 2.75) is 45.8 Å². The Kier molecular flexibility index (Phi) is 5.45. The summed E-state index contributed by atoms with van der Waals surface area (Å²) in [5, 5.41) is 9.50. The van der Waals surface area contributed by atoms with Gasteiger partial charge >= 0.3 is 5.97 Å². The number of carbonyl (C=O) groups is 1. The van der Waals surface area contributed by atoms with Gasteiger partial charge in [-0.05, 0) is 32.4 Å². The van der Waals surface area contributed by atoms with Crippen molar-refractivity contribution in [3.8, 4) is 0 Å². The van der Waals surface area contributed by atoms with Crippen LogP contribution in [-0.4, -0.2) is 22.1 Å². The van der Waals surface area contributed by atoms with Gasteiger partial charge in [-0.3, -0.25) is 4.79 Å². The van der Waals surface area contributed by atoms with E-state index in [0.29, 0.717) is 5.25 Å². The zero-order chi connectivity index (χ0) is 10.5. The molecule has 0 rings (SSSR count). The van der Waals surface area contributed by atoms with Gasteiger partial charge in [-0.1, -0.05) is 13.8 Å². The molecule has 0 saturated carbocycles. The van der Waals surface area contributed by atoms with E-state index in [2.05, 4.69) is 13.8 Å². The van der Waals surface area contributed by atoms with Gasteiger partial charge in [-0.25, -0.2) is 0 Å². The Labute approximate surface area is 85.1 Å². The summed E-state index contributed by atoms with van der Waals surface area (Å²) in [7, 11) is 0. The number of rotatable bonds is 6. The lowest BCUT2D eigenvalue weighted by molar-refractivity contribution is -0.146. The minimum absolute atomic E-state index is 0.569. The van der Waals surface area contributed by atoms with Gasteiger partial charge in [0.25, 0.3) is 0 Å². The van der Waals surface area contributed by atoms with E-state index in [4.69, 9.17) is 5.11 Å². The Morgan fingerprint density at radius 1 is 1.54 bits per heavy atom. The summed E-state index contributed by atoms with van der Waals surface area (Å²) in [6.45, 7) is 7.90. The third-order valence-corrected chi connectivity index (χ3v) is 3.63. The number of hydrogen-bond donors (Lipinski definition) is 1. The van der Waals surface area contributed by atoms with Crippen molar-refractivity contribution >= 4 is 17.7 Å². The van der Waals surface area contributed by atoms with E-state index in [9.17, 15) is 4.79 Å². The van der Waals surface area contributed by atoms with E-state index >= 15 is 0 Å². The molecule has 0 bridgehead atoms. The molecule has 0 saturated heterocycles. The first-order chi connectivity index (χ1) is 5.90. The lowest BCUT2D eigenvalue weighted by Crippen LogP contribution is -2.24. The van der Waals surface area contributed by atoms with E-state index in [1.807, 2.05) is 11.8 Å². The molecule has 1 N–H and O–H groups in total. The Bertz CT molecular complexity index is 166. The van der Waals surface area contributed by atoms with Crippen LogP contribution >= 0.6 is 11.8 Å².